The van der Waals surface area contributed by atoms with E-state index in [2.05, 4.69) is 19.1 Å². The Morgan fingerprint density at radius 1 is 1.10 bits per heavy atom. The molecule has 1 heterocycles. The van der Waals surface area contributed by atoms with Crippen molar-refractivity contribution in [3.05, 3.63) is 65.7 Å². The van der Waals surface area contributed by atoms with Gasteiger partial charge in [-0.3, -0.25) is 4.79 Å². The van der Waals surface area contributed by atoms with E-state index < -0.39 is 17.7 Å². The number of fused-ring (bicyclic) bond motifs is 1. The molecule has 2 amide bonds. The predicted octanol–water partition coefficient (Wildman–Crippen LogP) is 4.61. The minimum Gasteiger partial charge on any atom is -0.441 e. The van der Waals surface area contributed by atoms with Gasteiger partial charge in [0.15, 0.2) is 0 Å². The number of hydrogen-bond donors (Lipinski definition) is 1. The van der Waals surface area contributed by atoms with Crippen LogP contribution < -0.4 is 10.6 Å². The van der Waals surface area contributed by atoms with Crippen LogP contribution in [0.1, 0.15) is 50.3 Å². The Kier molecular flexibility index (Phi) is 5.07. The monoisotopic (exact) mass is 392 g/mol. The summed E-state index contributed by atoms with van der Waals surface area (Å²) in [4.78, 5) is 26.9. The first-order valence-electron chi connectivity index (χ1n) is 10.3. The van der Waals surface area contributed by atoms with Crippen LogP contribution in [-0.4, -0.2) is 17.5 Å². The second kappa shape index (κ2) is 7.54. The van der Waals surface area contributed by atoms with Crippen LogP contribution in [0.4, 0.5) is 10.5 Å². The highest BCUT2D eigenvalue weighted by atomic mass is 16.6. The molecule has 5 heteroatoms. The van der Waals surface area contributed by atoms with E-state index in [0.717, 1.165) is 30.5 Å². The zero-order valence-electron chi connectivity index (χ0n) is 17.0. The number of para-hydroxylation sites is 1. The molecule has 1 aliphatic heterocycles. The second-order valence-corrected chi connectivity index (χ2v) is 8.34. The third-order valence-corrected chi connectivity index (χ3v) is 6.84. The molecule has 1 saturated carbocycles. The van der Waals surface area contributed by atoms with Crippen molar-refractivity contribution in [2.75, 3.05) is 4.90 Å². The zero-order chi connectivity index (χ0) is 20.6. The van der Waals surface area contributed by atoms with Crippen molar-refractivity contribution < 1.29 is 14.3 Å². The van der Waals surface area contributed by atoms with E-state index in [1.165, 1.54) is 5.56 Å². The molecular formula is C24H28N2O3. The highest BCUT2D eigenvalue weighted by molar-refractivity contribution is 5.95. The topological polar surface area (TPSA) is 72.6 Å². The molecule has 2 aliphatic rings. The van der Waals surface area contributed by atoms with Crippen molar-refractivity contribution in [1.82, 2.24) is 0 Å². The zero-order valence-corrected chi connectivity index (χ0v) is 17.0. The van der Waals surface area contributed by atoms with E-state index in [1.807, 2.05) is 47.4 Å². The van der Waals surface area contributed by atoms with Crippen molar-refractivity contribution in [2.45, 2.75) is 51.2 Å². The third-order valence-electron chi connectivity index (χ3n) is 6.84. The van der Waals surface area contributed by atoms with Crippen LogP contribution >= 0.6 is 0 Å². The highest BCUT2D eigenvalue weighted by Gasteiger charge is 2.57. The Hall–Kier alpha value is -2.82. The second-order valence-electron chi connectivity index (χ2n) is 8.34. The molecule has 4 rings (SSSR count). The molecular weight excluding hydrogens is 364 g/mol. The molecule has 5 nitrogen and oxygen atoms in total. The summed E-state index contributed by atoms with van der Waals surface area (Å²) >= 11 is 0. The lowest BCUT2D eigenvalue weighted by Gasteiger charge is -2.59. The van der Waals surface area contributed by atoms with E-state index in [9.17, 15) is 9.59 Å². The lowest BCUT2D eigenvalue weighted by atomic mass is 9.58. The number of amides is 2. The first-order valence-corrected chi connectivity index (χ1v) is 10.3. The first kappa shape index (κ1) is 19.5. The average molecular weight is 392 g/mol. The minimum absolute atomic E-state index is 0.0182. The minimum atomic E-state index is -0.782. The SMILES string of the molecule is CC(=O)N1c2ccccc2[C@H](OC(N)=O)[C@H](C)[C@]1(Cc1ccccc1)C1CCC1. The molecule has 0 bridgehead atoms. The number of nitrogens with two attached hydrogens (primary N) is 1. The number of carbonyl (C=O) groups is 2. The molecule has 2 aromatic carbocycles. The third kappa shape index (κ3) is 3.18. The maximum absolute atomic E-state index is 13.1. The molecule has 29 heavy (non-hydrogen) atoms. The van der Waals surface area contributed by atoms with Crippen LogP contribution in [0.2, 0.25) is 0 Å². The van der Waals surface area contributed by atoms with Gasteiger partial charge in [-0.2, -0.15) is 0 Å². The largest absolute Gasteiger partial charge is 0.441 e. The first-order chi connectivity index (χ1) is 13.9. The number of carbonyl (C=O) groups excluding carboxylic acids is 2. The van der Waals surface area contributed by atoms with Gasteiger partial charge in [0, 0.05) is 18.4 Å². The standard InChI is InChI=1S/C24H28N2O3/c1-16-22(29-23(25)28)20-13-6-7-14-21(20)26(17(2)27)24(16,19-11-8-12-19)15-18-9-4-3-5-10-18/h3-7,9-10,13-14,16,19,22H,8,11-12,15H2,1-2H3,(H2,25,28)/t16-,22+,24+/m0/s1. The van der Waals surface area contributed by atoms with Crippen LogP contribution in [0.25, 0.3) is 0 Å². The normalized spacial score (nSPS) is 26.3. The number of hydrogen-bond acceptors (Lipinski definition) is 3. The smallest absolute Gasteiger partial charge is 0.405 e. The lowest BCUT2D eigenvalue weighted by molar-refractivity contribution is -0.120. The van der Waals surface area contributed by atoms with Gasteiger partial charge in [0.2, 0.25) is 5.91 Å². The number of primary amides is 1. The summed E-state index contributed by atoms with van der Waals surface area (Å²) < 4.78 is 5.67. The van der Waals surface area contributed by atoms with Gasteiger partial charge in [-0.25, -0.2) is 4.79 Å². The van der Waals surface area contributed by atoms with Crippen molar-refractivity contribution in [3.63, 3.8) is 0 Å². The Balaban J connectivity index is 1.93. The number of anilines is 1. The number of benzene rings is 2. The lowest BCUT2D eigenvalue weighted by Crippen LogP contribution is -2.66. The molecule has 0 unspecified atom stereocenters. The Labute approximate surface area is 171 Å². The number of nitrogens with zero attached hydrogens (tertiary/aromatic N) is 1. The van der Waals surface area contributed by atoms with E-state index in [4.69, 9.17) is 10.5 Å². The summed E-state index contributed by atoms with van der Waals surface area (Å²) in [5.74, 6) is 0.262. The number of ether oxygens (including phenoxy) is 1. The molecule has 0 spiro atoms. The average Bonchev–Trinajstić information content (AvgIpc) is 2.64. The van der Waals surface area contributed by atoms with E-state index in [0.29, 0.717) is 12.3 Å². The molecule has 2 N–H and O–H groups in total. The Morgan fingerprint density at radius 2 is 1.76 bits per heavy atom. The fourth-order valence-corrected chi connectivity index (χ4v) is 5.41. The summed E-state index contributed by atoms with van der Waals surface area (Å²) in [6, 6.07) is 18.0. The molecule has 3 atom stereocenters. The van der Waals surface area contributed by atoms with Gasteiger partial charge in [0.25, 0.3) is 0 Å². The van der Waals surface area contributed by atoms with E-state index in [-0.39, 0.29) is 11.8 Å². The molecule has 0 aromatic heterocycles. The van der Waals surface area contributed by atoms with Gasteiger partial charge in [0.1, 0.15) is 6.10 Å². The van der Waals surface area contributed by atoms with Crippen molar-refractivity contribution >= 4 is 17.7 Å². The summed E-state index contributed by atoms with van der Waals surface area (Å²) in [5, 5.41) is 0. The van der Waals surface area contributed by atoms with Crippen molar-refractivity contribution in [3.8, 4) is 0 Å². The fourth-order valence-electron chi connectivity index (χ4n) is 5.41. The maximum Gasteiger partial charge on any atom is 0.405 e. The van der Waals surface area contributed by atoms with Gasteiger partial charge in [-0.05, 0) is 36.8 Å². The summed E-state index contributed by atoms with van der Waals surface area (Å²) in [7, 11) is 0. The van der Waals surface area contributed by atoms with Gasteiger partial charge in [0.05, 0.1) is 11.2 Å². The van der Waals surface area contributed by atoms with Crippen molar-refractivity contribution in [1.29, 1.82) is 0 Å². The quantitative estimate of drug-likeness (QED) is 0.826. The van der Waals surface area contributed by atoms with Crippen LogP contribution in [0.5, 0.6) is 0 Å². The molecule has 0 saturated heterocycles. The van der Waals surface area contributed by atoms with Gasteiger partial charge in [-0.1, -0.05) is 61.9 Å². The molecule has 2 aromatic rings. The molecule has 1 aliphatic carbocycles. The highest BCUT2D eigenvalue weighted by Crippen LogP contribution is 2.56. The van der Waals surface area contributed by atoms with Crippen LogP contribution in [0, 0.1) is 11.8 Å². The molecule has 152 valence electrons. The predicted molar refractivity (Wildman–Crippen MR) is 112 cm³/mol. The van der Waals surface area contributed by atoms with Crippen LogP contribution in [0.3, 0.4) is 0 Å². The summed E-state index contributed by atoms with van der Waals surface area (Å²) in [6.45, 7) is 3.73. The summed E-state index contributed by atoms with van der Waals surface area (Å²) in [5.41, 5.74) is 7.83. The summed E-state index contributed by atoms with van der Waals surface area (Å²) in [6.07, 6.45) is 2.73. The van der Waals surface area contributed by atoms with Gasteiger partial charge < -0.3 is 15.4 Å². The van der Waals surface area contributed by atoms with Crippen molar-refractivity contribution in [2.24, 2.45) is 17.6 Å². The number of rotatable bonds is 4. The molecule has 0 radical (unpaired) electrons. The fraction of sp³-hybridized carbons (Fsp3) is 0.417. The Morgan fingerprint density at radius 3 is 2.34 bits per heavy atom. The maximum atomic E-state index is 13.1. The van der Waals surface area contributed by atoms with Gasteiger partial charge in [-0.15, -0.1) is 0 Å². The van der Waals surface area contributed by atoms with E-state index >= 15 is 0 Å². The van der Waals surface area contributed by atoms with E-state index in [1.54, 1.807) is 6.92 Å². The van der Waals surface area contributed by atoms with Crippen LogP contribution in [-0.2, 0) is 16.0 Å². The van der Waals surface area contributed by atoms with Crippen LogP contribution in [0.15, 0.2) is 54.6 Å². The Bertz CT molecular complexity index is 909. The molecule has 1 fully saturated rings. The van der Waals surface area contributed by atoms with Gasteiger partial charge >= 0.3 is 6.09 Å².